The molecule has 0 bridgehead atoms. The Morgan fingerprint density at radius 3 is 2.69 bits per heavy atom. The molecule has 0 amide bonds. The largest absolute Gasteiger partial charge is 1.00 e. The van der Waals surface area contributed by atoms with Gasteiger partial charge in [-0.15, -0.1) is 0 Å². The van der Waals surface area contributed by atoms with E-state index in [0.29, 0.717) is 0 Å². The molecule has 144 valence electrons. The molecular weight excluding hydrogens is 421 g/mol. The number of aliphatic imine (C=N–C) groups is 1. The second-order valence-corrected chi connectivity index (χ2v) is 5.37. The highest BCUT2D eigenvalue weighted by Gasteiger charge is 2.31. The van der Waals surface area contributed by atoms with Crippen LogP contribution in [0.1, 0.15) is 6.92 Å². The lowest BCUT2D eigenvalue weighted by Crippen LogP contribution is -3.00. The highest BCUT2D eigenvalue weighted by molar-refractivity contribution is 5.81. The van der Waals surface area contributed by atoms with E-state index in [1.165, 1.54) is 17.2 Å². The summed E-state index contributed by atoms with van der Waals surface area (Å²) in [5.74, 6) is -0.462. The minimum Gasteiger partial charge on any atom is -1.00 e. The zero-order chi connectivity index (χ0) is 18.6. The van der Waals surface area contributed by atoms with Gasteiger partial charge in [0.1, 0.15) is 6.54 Å². The van der Waals surface area contributed by atoms with E-state index in [2.05, 4.69) is 15.0 Å². The maximum Gasteiger partial charge on any atom is 0.406 e. The lowest BCUT2D eigenvalue weighted by atomic mass is 10.4. The molecule has 0 aliphatic heterocycles. The van der Waals surface area contributed by atoms with Crippen LogP contribution in [0, 0.1) is 0 Å². The Labute approximate surface area is 158 Å². The second kappa shape index (κ2) is 8.92. The number of halogens is 4. The highest BCUT2D eigenvalue weighted by Crippen LogP contribution is 2.24. The molecule has 2 rings (SSSR count). The van der Waals surface area contributed by atoms with E-state index < -0.39 is 18.7 Å². The van der Waals surface area contributed by atoms with Crippen molar-refractivity contribution in [1.29, 1.82) is 0 Å². The Kier molecular flexibility index (Phi) is 7.48. The molecule has 0 unspecified atom stereocenters. The molecule has 0 fully saturated rings. The number of hydrogen-bond acceptors (Lipinski definition) is 5. The van der Waals surface area contributed by atoms with E-state index in [1.807, 2.05) is 0 Å². The van der Waals surface area contributed by atoms with Gasteiger partial charge in [-0.05, 0) is 6.92 Å². The first kappa shape index (κ1) is 21.8. The molecule has 0 atom stereocenters. The zero-order valence-corrected chi connectivity index (χ0v) is 16.0. The lowest BCUT2D eigenvalue weighted by molar-refractivity contribution is -0.664. The molecule has 8 nitrogen and oxygen atoms in total. The maximum atomic E-state index is 12.8. The summed E-state index contributed by atoms with van der Waals surface area (Å²) in [5, 5.41) is 0. The zero-order valence-electron chi connectivity index (χ0n) is 14.4. The number of aromatic nitrogens is 4. The van der Waals surface area contributed by atoms with Gasteiger partial charge in [-0.1, -0.05) is 9.97 Å². The van der Waals surface area contributed by atoms with Gasteiger partial charge in [0.25, 0.3) is 11.5 Å². The fraction of sp³-hybridized carbons (Fsp3) is 0.500. The first-order chi connectivity index (χ1) is 11.7. The van der Waals surface area contributed by atoms with Crippen LogP contribution in [0.5, 0.6) is 0 Å². The lowest BCUT2D eigenvalue weighted by Gasteiger charge is -2.08. The number of rotatable bonds is 6. The summed E-state index contributed by atoms with van der Waals surface area (Å²) in [6.07, 6.45) is -0.664. The smallest absolute Gasteiger partial charge is 0.406 e. The molecule has 12 heteroatoms. The van der Waals surface area contributed by atoms with Crippen molar-refractivity contribution in [3.63, 3.8) is 0 Å². The van der Waals surface area contributed by atoms with Gasteiger partial charge in [0.05, 0.1) is 12.9 Å². The number of nitrogens with zero attached hydrogens (tertiary/aromatic N) is 6. The van der Waals surface area contributed by atoms with E-state index >= 15 is 0 Å². The third-order valence-electron chi connectivity index (χ3n) is 2.99. The van der Waals surface area contributed by atoms with Gasteiger partial charge in [-0.25, -0.2) is 14.4 Å². The van der Waals surface area contributed by atoms with E-state index in [1.54, 1.807) is 25.9 Å². The number of fused-ring (bicyclic) bond motifs is 1. The van der Waals surface area contributed by atoms with Crippen molar-refractivity contribution < 1.29 is 44.3 Å². The molecule has 0 radical (unpaired) electrons. The Morgan fingerprint density at radius 2 is 2.12 bits per heavy atom. The Morgan fingerprint density at radius 1 is 1.42 bits per heavy atom. The maximum absolute atomic E-state index is 12.8. The average molecular weight is 439 g/mol. The van der Waals surface area contributed by atoms with Crippen molar-refractivity contribution in [2.75, 3.05) is 20.7 Å². The molecule has 2 aromatic rings. The quantitative estimate of drug-likeness (QED) is 0.227. The molecule has 0 saturated carbocycles. The summed E-state index contributed by atoms with van der Waals surface area (Å²) in [6.45, 7) is 0.411. The van der Waals surface area contributed by atoms with Crippen LogP contribution in [0.15, 0.2) is 17.6 Å². The fourth-order valence-corrected chi connectivity index (χ4v) is 2.09. The molecule has 2 heterocycles. The van der Waals surface area contributed by atoms with Crippen LogP contribution in [0.3, 0.4) is 0 Å². The highest BCUT2D eigenvalue weighted by atomic mass is 79.9. The van der Waals surface area contributed by atoms with Gasteiger partial charge in [0, 0.05) is 14.1 Å². The van der Waals surface area contributed by atoms with Gasteiger partial charge < -0.3 is 26.6 Å². The Bertz CT molecular complexity index is 791. The van der Waals surface area contributed by atoms with Crippen molar-refractivity contribution >= 4 is 29.3 Å². The summed E-state index contributed by atoms with van der Waals surface area (Å²) in [4.78, 5) is 25.4. The van der Waals surface area contributed by atoms with Crippen LogP contribution in [-0.2, 0) is 22.6 Å². The van der Waals surface area contributed by atoms with E-state index in [-0.39, 0.29) is 47.1 Å². The number of carbonyl (C=O) groups excluding carboxylic acids is 1. The monoisotopic (exact) mass is 438 g/mol. The van der Waals surface area contributed by atoms with Crippen LogP contribution in [0.25, 0.3) is 11.2 Å². The summed E-state index contributed by atoms with van der Waals surface area (Å²) in [6, 6.07) is 0. The van der Waals surface area contributed by atoms with E-state index in [9.17, 15) is 18.0 Å². The molecule has 0 aliphatic rings. The van der Waals surface area contributed by atoms with Crippen molar-refractivity contribution in [3.8, 4) is 0 Å². The van der Waals surface area contributed by atoms with Gasteiger partial charge >= 0.3 is 12.1 Å². The molecule has 2 aromatic heterocycles. The van der Waals surface area contributed by atoms with Gasteiger partial charge in [0.2, 0.25) is 6.33 Å². The van der Waals surface area contributed by atoms with Gasteiger partial charge in [-0.2, -0.15) is 13.2 Å². The van der Waals surface area contributed by atoms with Crippen molar-refractivity contribution in [3.05, 3.63) is 12.7 Å². The van der Waals surface area contributed by atoms with Crippen molar-refractivity contribution in [1.82, 2.24) is 19.4 Å². The Balaban J connectivity index is 0.00000338. The second-order valence-electron chi connectivity index (χ2n) is 5.37. The fourth-order valence-electron chi connectivity index (χ4n) is 2.09. The van der Waals surface area contributed by atoms with Crippen LogP contribution in [-0.4, -0.2) is 58.6 Å². The van der Waals surface area contributed by atoms with Gasteiger partial charge in [-0.3, -0.25) is 4.57 Å². The van der Waals surface area contributed by atoms with Crippen LogP contribution < -0.4 is 21.5 Å². The third-order valence-corrected chi connectivity index (χ3v) is 2.99. The topological polar surface area (TPSA) is 76.5 Å². The average Bonchev–Trinajstić information content (AvgIpc) is 2.89. The van der Waals surface area contributed by atoms with Crippen molar-refractivity contribution in [2.24, 2.45) is 4.99 Å². The number of imidazole rings is 1. The summed E-state index contributed by atoms with van der Waals surface area (Å²) >= 11 is 0. The van der Waals surface area contributed by atoms with Crippen LogP contribution in [0.2, 0.25) is 0 Å². The number of esters is 1. The van der Waals surface area contributed by atoms with Crippen LogP contribution >= 0.6 is 0 Å². The first-order valence-corrected chi connectivity index (χ1v) is 7.37. The standard InChI is InChI=1S/C14H18F3N6O2.BrH/c1-4-25-10(24)5-22-8-19-12(18-7-21(2)3)11-13(22)20-9-23(11)6-14(15,16)17;/h7-9H,4-6H2,1-3H3;1H/q+1;/p-1. The summed E-state index contributed by atoms with van der Waals surface area (Å²) in [7, 11) is 3.44. The predicted octanol–water partition coefficient (Wildman–Crippen LogP) is -1.93. The molecule has 0 aliphatic carbocycles. The molecule has 0 N–H and O–H groups in total. The minimum atomic E-state index is -4.43. The Hall–Kier alpha value is -2.24. The third kappa shape index (κ3) is 5.64. The summed E-state index contributed by atoms with van der Waals surface area (Å²) < 4.78 is 45.5. The SMILES string of the molecule is CCOC(=O)C[n+]1cnc(/N=C/N(C)C)c2c1ncn2CC(F)(F)F.[Br-]. The number of ether oxygens (including phenoxy) is 1. The molecule has 0 saturated heterocycles. The number of hydrogen-bond donors (Lipinski definition) is 0. The first-order valence-electron chi connectivity index (χ1n) is 7.37. The predicted molar refractivity (Wildman–Crippen MR) is 82.3 cm³/mol. The molecule has 26 heavy (non-hydrogen) atoms. The number of carbonyl (C=O) groups is 1. The normalized spacial score (nSPS) is 11.6. The molecular formula is C14H18BrF3N6O2. The number of alkyl halides is 3. The minimum absolute atomic E-state index is 0. The summed E-state index contributed by atoms with van der Waals surface area (Å²) in [5.41, 5.74) is 0.250. The van der Waals surface area contributed by atoms with E-state index in [4.69, 9.17) is 4.74 Å². The van der Waals surface area contributed by atoms with Crippen molar-refractivity contribution in [2.45, 2.75) is 26.2 Å². The molecule has 0 spiro atoms. The van der Waals surface area contributed by atoms with Crippen LogP contribution in [0.4, 0.5) is 19.0 Å². The van der Waals surface area contributed by atoms with Gasteiger partial charge in [0.15, 0.2) is 18.4 Å². The molecule has 0 aromatic carbocycles. The van der Waals surface area contributed by atoms with E-state index in [0.717, 1.165) is 10.9 Å².